The summed E-state index contributed by atoms with van der Waals surface area (Å²) in [5, 5.41) is 12.5. The van der Waals surface area contributed by atoms with Crippen LogP contribution in [0.1, 0.15) is 23.6 Å². The van der Waals surface area contributed by atoms with E-state index in [-0.39, 0.29) is 18.5 Å². The molecule has 0 aliphatic carbocycles. The Morgan fingerprint density at radius 3 is 2.60 bits per heavy atom. The van der Waals surface area contributed by atoms with Crippen molar-refractivity contribution in [3.63, 3.8) is 0 Å². The van der Waals surface area contributed by atoms with Crippen molar-refractivity contribution in [3.05, 3.63) is 87.9 Å². The lowest BCUT2D eigenvalue weighted by atomic mass is 9.97. The Labute approximate surface area is 243 Å². The molecule has 3 amide bonds. The largest absolute Gasteiger partial charge is 0.496 e. The molecule has 0 radical (unpaired) electrons. The van der Waals surface area contributed by atoms with Gasteiger partial charge in [-0.25, -0.2) is 4.79 Å². The van der Waals surface area contributed by atoms with Crippen LogP contribution in [0.2, 0.25) is 10.0 Å². The first-order chi connectivity index (χ1) is 19.4. The molecule has 0 spiro atoms. The minimum Gasteiger partial charge on any atom is -0.496 e. The average molecular weight is 588 g/mol. The van der Waals surface area contributed by atoms with Gasteiger partial charge in [0.1, 0.15) is 11.5 Å². The zero-order valence-corrected chi connectivity index (χ0v) is 23.6. The highest BCUT2D eigenvalue weighted by Gasteiger charge is 2.29. The number of carbonyl (C=O) groups excluding carboxylic acids is 2. The van der Waals surface area contributed by atoms with Gasteiger partial charge in [0.05, 0.1) is 55.6 Å². The number of rotatable bonds is 12. The summed E-state index contributed by atoms with van der Waals surface area (Å²) in [7, 11) is 1.64. The number of ether oxygens (including phenoxy) is 3. The molecule has 0 aromatic heterocycles. The number of anilines is 1. The predicted molar refractivity (Wildman–Crippen MR) is 155 cm³/mol. The maximum Gasteiger partial charge on any atom is 0.319 e. The summed E-state index contributed by atoms with van der Waals surface area (Å²) in [6, 6.07) is 18.7. The minimum atomic E-state index is -0.503. The number of halogens is 2. The van der Waals surface area contributed by atoms with Crippen LogP contribution in [0.5, 0.6) is 11.5 Å². The van der Waals surface area contributed by atoms with Gasteiger partial charge in [0, 0.05) is 24.2 Å². The van der Waals surface area contributed by atoms with Gasteiger partial charge < -0.3 is 35.5 Å². The molecule has 1 saturated heterocycles. The molecule has 40 heavy (non-hydrogen) atoms. The normalized spacial score (nSPS) is 15.6. The number of piperazine rings is 1. The molecule has 4 N–H and O–H groups in total. The van der Waals surface area contributed by atoms with E-state index in [1.807, 2.05) is 48.5 Å². The van der Waals surface area contributed by atoms with E-state index < -0.39 is 12.1 Å². The number of hydrogen-bond acceptors (Lipinski definition) is 6. The van der Waals surface area contributed by atoms with Gasteiger partial charge in [-0.15, -0.1) is 0 Å². The van der Waals surface area contributed by atoms with Crippen molar-refractivity contribution in [1.29, 1.82) is 0 Å². The summed E-state index contributed by atoms with van der Waals surface area (Å²) in [5.41, 5.74) is 2.30. The Morgan fingerprint density at radius 2 is 1.85 bits per heavy atom. The Morgan fingerprint density at radius 1 is 1.05 bits per heavy atom. The molecule has 4 rings (SSSR count). The maximum absolute atomic E-state index is 12.9. The number of amides is 3. The quantitative estimate of drug-likeness (QED) is 0.224. The fourth-order valence-electron chi connectivity index (χ4n) is 4.28. The van der Waals surface area contributed by atoms with E-state index in [1.54, 1.807) is 25.3 Å². The highest BCUT2D eigenvalue weighted by molar-refractivity contribution is 6.42. The van der Waals surface area contributed by atoms with Crippen LogP contribution in [-0.2, 0) is 16.1 Å². The second-order valence-corrected chi connectivity index (χ2v) is 9.96. The van der Waals surface area contributed by atoms with Crippen LogP contribution >= 0.6 is 23.2 Å². The first kappa shape index (κ1) is 29.5. The van der Waals surface area contributed by atoms with E-state index in [0.29, 0.717) is 47.8 Å². The number of para-hydroxylation sites is 1. The SMILES string of the molecule is COc1ccccc1COCCCOc1ccc(C(NC(=O)Nc2ccc(Cl)c(Cl)c2)[C@H]2CNCC(=O)N2)cc1. The standard InChI is InChI=1S/C29H32Cl2N4O5/c1-38-26-6-3-2-5-20(26)18-39-13-4-14-40-22-10-7-19(8-11-22)28(25-16-32-17-27(36)34-25)35-29(37)33-21-9-12-23(30)24(31)15-21/h2-3,5-12,15,25,28,32H,4,13-14,16-18H2,1H3,(H,34,36)(H2,33,35,37)/t25-,28?/m1/s1. The van der Waals surface area contributed by atoms with Gasteiger partial charge in [-0.3, -0.25) is 4.79 Å². The molecule has 11 heteroatoms. The molecular formula is C29H32Cl2N4O5. The zero-order chi connectivity index (χ0) is 28.3. The molecule has 2 atom stereocenters. The van der Waals surface area contributed by atoms with Crippen molar-refractivity contribution >= 4 is 40.8 Å². The second kappa shape index (κ2) is 14.8. The molecule has 3 aromatic rings. The first-order valence-corrected chi connectivity index (χ1v) is 13.6. The molecule has 0 bridgehead atoms. The van der Waals surface area contributed by atoms with Gasteiger partial charge in [0.2, 0.25) is 5.91 Å². The predicted octanol–water partition coefficient (Wildman–Crippen LogP) is 4.94. The maximum atomic E-state index is 12.9. The number of urea groups is 1. The third kappa shape index (κ3) is 8.50. The average Bonchev–Trinajstić information content (AvgIpc) is 2.96. The molecule has 0 saturated carbocycles. The summed E-state index contributed by atoms with van der Waals surface area (Å²) in [4.78, 5) is 24.9. The van der Waals surface area contributed by atoms with Gasteiger partial charge in [-0.2, -0.15) is 0 Å². The number of methoxy groups -OCH3 is 1. The third-order valence-corrected chi connectivity index (χ3v) is 6.99. The van der Waals surface area contributed by atoms with E-state index in [1.165, 1.54) is 0 Å². The fourth-order valence-corrected chi connectivity index (χ4v) is 4.57. The first-order valence-electron chi connectivity index (χ1n) is 12.9. The van der Waals surface area contributed by atoms with Crippen LogP contribution in [-0.4, -0.2) is 51.4 Å². The van der Waals surface area contributed by atoms with Crippen molar-refractivity contribution in [2.45, 2.75) is 25.1 Å². The molecular weight excluding hydrogens is 555 g/mol. The number of nitrogens with one attached hydrogen (secondary N) is 4. The van der Waals surface area contributed by atoms with Crippen molar-refractivity contribution in [2.24, 2.45) is 0 Å². The number of hydrogen-bond donors (Lipinski definition) is 4. The minimum absolute atomic E-state index is 0.138. The van der Waals surface area contributed by atoms with E-state index >= 15 is 0 Å². The Kier molecular flexibility index (Phi) is 10.9. The van der Waals surface area contributed by atoms with E-state index in [4.69, 9.17) is 37.4 Å². The molecule has 3 aromatic carbocycles. The Hall–Kier alpha value is -3.50. The Balaban J connectivity index is 1.31. The van der Waals surface area contributed by atoms with Crippen molar-refractivity contribution in [2.75, 3.05) is 38.7 Å². The van der Waals surface area contributed by atoms with Crippen molar-refractivity contribution in [3.8, 4) is 11.5 Å². The second-order valence-electron chi connectivity index (χ2n) is 9.15. The van der Waals surface area contributed by atoms with Gasteiger partial charge in [0.25, 0.3) is 0 Å². The van der Waals surface area contributed by atoms with Crippen LogP contribution in [0, 0.1) is 0 Å². The summed E-state index contributed by atoms with van der Waals surface area (Å²) >= 11 is 12.0. The van der Waals surface area contributed by atoms with Gasteiger partial charge >= 0.3 is 6.03 Å². The van der Waals surface area contributed by atoms with Gasteiger partial charge in [-0.05, 0) is 42.0 Å². The van der Waals surface area contributed by atoms with Crippen LogP contribution in [0.15, 0.2) is 66.7 Å². The van der Waals surface area contributed by atoms with Crippen LogP contribution < -0.4 is 30.7 Å². The monoisotopic (exact) mass is 586 g/mol. The van der Waals surface area contributed by atoms with Crippen LogP contribution in [0.25, 0.3) is 0 Å². The summed E-state index contributed by atoms with van der Waals surface area (Å²) in [5.74, 6) is 1.36. The molecule has 1 fully saturated rings. The molecule has 1 aliphatic heterocycles. The highest BCUT2D eigenvalue weighted by atomic mass is 35.5. The van der Waals surface area contributed by atoms with Gasteiger partial charge in [-0.1, -0.05) is 53.5 Å². The van der Waals surface area contributed by atoms with Crippen LogP contribution in [0.3, 0.4) is 0 Å². The number of carbonyl (C=O) groups is 2. The lowest BCUT2D eigenvalue weighted by molar-refractivity contribution is -0.122. The van der Waals surface area contributed by atoms with E-state index in [0.717, 1.165) is 23.3 Å². The molecule has 1 aliphatic rings. The Bertz CT molecular complexity index is 1290. The zero-order valence-electron chi connectivity index (χ0n) is 22.0. The highest BCUT2D eigenvalue weighted by Crippen LogP contribution is 2.26. The summed E-state index contributed by atoms with van der Waals surface area (Å²) in [6.45, 7) is 2.23. The van der Waals surface area contributed by atoms with Gasteiger partial charge in [0.15, 0.2) is 0 Å². The van der Waals surface area contributed by atoms with Crippen molar-refractivity contribution < 1.29 is 23.8 Å². The molecule has 1 unspecified atom stereocenters. The molecule has 1 heterocycles. The lowest BCUT2D eigenvalue weighted by Crippen LogP contribution is -2.57. The van der Waals surface area contributed by atoms with E-state index in [9.17, 15) is 9.59 Å². The topological polar surface area (TPSA) is 110 Å². The molecule has 212 valence electrons. The fraction of sp³-hybridized carbons (Fsp3) is 0.310. The van der Waals surface area contributed by atoms with Crippen molar-refractivity contribution in [1.82, 2.24) is 16.0 Å². The summed E-state index contributed by atoms with van der Waals surface area (Å²) in [6.07, 6.45) is 0.718. The molecule has 9 nitrogen and oxygen atoms in total. The van der Waals surface area contributed by atoms with Crippen LogP contribution in [0.4, 0.5) is 10.5 Å². The summed E-state index contributed by atoms with van der Waals surface area (Å²) < 4.78 is 17.0. The smallest absolute Gasteiger partial charge is 0.319 e. The number of benzene rings is 3. The van der Waals surface area contributed by atoms with E-state index in [2.05, 4.69) is 21.3 Å². The lowest BCUT2D eigenvalue weighted by Gasteiger charge is -2.32. The third-order valence-electron chi connectivity index (χ3n) is 6.25.